The standard InChI is InChI=1S/C7H7Br2N/c1-4-2-3-5(8)7(10)6(4)9/h2-3H,10H2,1H3. The number of nitrogens with two attached hydrogens (primary N) is 1. The van der Waals surface area contributed by atoms with Crippen LogP contribution in [0.2, 0.25) is 0 Å². The summed E-state index contributed by atoms with van der Waals surface area (Å²) in [6.45, 7) is 2.01. The van der Waals surface area contributed by atoms with Gasteiger partial charge in [-0.15, -0.1) is 0 Å². The van der Waals surface area contributed by atoms with Crippen LogP contribution in [0.25, 0.3) is 0 Å². The second kappa shape index (κ2) is 2.93. The van der Waals surface area contributed by atoms with E-state index in [1.165, 1.54) is 0 Å². The molecule has 0 aliphatic carbocycles. The van der Waals surface area contributed by atoms with Gasteiger partial charge in [0.2, 0.25) is 0 Å². The van der Waals surface area contributed by atoms with Crippen LogP contribution in [0, 0.1) is 6.92 Å². The number of halogens is 2. The predicted octanol–water partition coefficient (Wildman–Crippen LogP) is 3.10. The molecule has 0 unspecified atom stereocenters. The molecule has 3 heteroatoms. The van der Waals surface area contributed by atoms with Gasteiger partial charge >= 0.3 is 0 Å². The van der Waals surface area contributed by atoms with Crippen LogP contribution >= 0.6 is 31.9 Å². The van der Waals surface area contributed by atoms with E-state index in [9.17, 15) is 0 Å². The van der Waals surface area contributed by atoms with E-state index in [0.717, 1.165) is 20.2 Å². The molecule has 0 amide bonds. The van der Waals surface area contributed by atoms with Crippen molar-refractivity contribution in [2.24, 2.45) is 0 Å². The van der Waals surface area contributed by atoms with Crippen molar-refractivity contribution >= 4 is 37.5 Å². The summed E-state index contributed by atoms with van der Waals surface area (Å²) >= 11 is 6.70. The molecule has 0 heterocycles. The van der Waals surface area contributed by atoms with E-state index < -0.39 is 0 Å². The topological polar surface area (TPSA) is 26.0 Å². The zero-order chi connectivity index (χ0) is 7.72. The van der Waals surface area contributed by atoms with Crippen molar-refractivity contribution in [2.45, 2.75) is 6.92 Å². The Balaban J connectivity index is 3.34. The Labute approximate surface area is 76.9 Å². The molecular weight excluding hydrogens is 258 g/mol. The summed E-state index contributed by atoms with van der Waals surface area (Å²) in [7, 11) is 0. The molecule has 1 rings (SSSR count). The SMILES string of the molecule is Cc1ccc(Br)c(N)c1Br. The van der Waals surface area contributed by atoms with Crippen LogP contribution in [-0.2, 0) is 0 Å². The summed E-state index contributed by atoms with van der Waals surface area (Å²) in [5.41, 5.74) is 7.61. The van der Waals surface area contributed by atoms with Gasteiger partial charge in [-0.2, -0.15) is 0 Å². The van der Waals surface area contributed by atoms with Crippen molar-refractivity contribution in [2.75, 3.05) is 5.73 Å². The lowest BCUT2D eigenvalue weighted by Crippen LogP contribution is -1.89. The van der Waals surface area contributed by atoms with Gasteiger partial charge in [0.25, 0.3) is 0 Å². The molecule has 1 aromatic rings. The molecule has 0 fully saturated rings. The molecule has 0 bridgehead atoms. The van der Waals surface area contributed by atoms with Crippen LogP contribution in [0.1, 0.15) is 5.56 Å². The zero-order valence-corrected chi connectivity index (χ0v) is 8.66. The summed E-state index contributed by atoms with van der Waals surface area (Å²) < 4.78 is 1.91. The van der Waals surface area contributed by atoms with Gasteiger partial charge in [0.05, 0.1) is 5.69 Å². The molecule has 54 valence electrons. The number of benzene rings is 1. The highest BCUT2D eigenvalue weighted by atomic mass is 79.9. The molecule has 0 aliphatic rings. The first-order valence-electron chi connectivity index (χ1n) is 2.83. The summed E-state index contributed by atoms with van der Waals surface area (Å²) in [6.07, 6.45) is 0. The molecule has 0 aromatic heterocycles. The van der Waals surface area contributed by atoms with Crippen LogP contribution in [-0.4, -0.2) is 0 Å². The largest absolute Gasteiger partial charge is 0.397 e. The molecule has 0 radical (unpaired) electrons. The molecule has 10 heavy (non-hydrogen) atoms. The first kappa shape index (κ1) is 8.08. The maximum atomic E-state index is 5.69. The Morgan fingerprint density at radius 2 is 1.90 bits per heavy atom. The molecule has 1 aromatic carbocycles. The van der Waals surface area contributed by atoms with Gasteiger partial charge in [-0.3, -0.25) is 0 Å². The maximum absolute atomic E-state index is 5.69. The molecule has 0 saturated carbocycles. The van der Waals surface area contributed by atoms with Gasteiger partial charge < -0.3 is 5.73 Å². The van der Waals surface area contributed by atoms with Gasteiger partial charge in [0.15, 0.2) is 0 Å². The number of hydrogen-bond donors (Lipinski definition) is 1. The van der Waals surface area contributed by atoms with Gasteiger partial charge in [-0.05, 0) is 50.4 Å². The number of nitrogen functional groups attached to an aromatic ring is 1. The molecule has 0 saturated heterocycles. The van der Waals surface area contributed by atoms with E-state index in [1.807, 2.05) is 19.1 Å². The third-order valence-corrected chi connectivity index (χ3v) is 3.06. The van der Waals surface area contributed by atoms with Crippen molar-refractivity contribution in [3.05, 3.63) is 26.6 Å². The van der Waals surface area contributed by atoms with E-state index in [0.29, 0.717) is 0 Å². The Morgan fingerprint density at radius 1 is 1.30 bits per heavy atom. The van der Waals surface area contributed by atoms with Crippen molar-refractivity contribution in [1.29, 1.82) is 0 Å². The maximum Gasteiger partial charge on any atom is 0.0605 e. The Kier molecular flexibility index (Phi) is 2.36. The summed E-state index contributed by atoms with van der Waals surface area (Å²) in [5.74, 6) is 0. The smallest absolute Gasteiger partial charge is 0.0605 e. The molecule has 0 spiro atoms. The first-order chi connectivity index (χ1) is 4.63. The van der Waals surface area contributed by atoms with E-state index >= 15 is 0 Å². The number of rotatable bonds is 0. The minimum Gasteiger partial charge on any atom is -0.397 e. The molecule has 1 nitrogen and oxygen atoms in total. The van der Waals surface area contributed by atoms with Crippen molar-refractivity contribution in [3.8, 4) is 0 Å². The summed E-state index contributed by atoms with van der Waals surface area (Å²) in [6, 6.07) is 3.94. The molecule has 0 aliphatic heterocycles. The predicted molar refractivity (Wildman–Crippen MR) is 51.0 cm³/mol. The fourth-order valence-electron chi connectivity index (χ4n) is 0.678. The normalized spacial score (nSPS) is 9.90. The highest BCUT2D eigenvalue weighted by Gasteiger charge is 2.01. The fraction of sp³-hybridized carbons (Fsp3) is 0.143. The van der Waals surface area contributed by atoms with Gasteiger partial charge in [-0.1, -0.05) is 6.07 Å². The quantitative estimate of drug-likeness (QED) is 0.716. The Bertz CT molecular complexity index is 231. The van der Waals surface area contributed by atoms with Crippen LogP contribution in [0.3, 0.4) is 0 Å². The number of hydrogen-bond acceptors (Lipinski definition) is 1. The lowest BCUT2D eigenvalue weighted by atomic mass is 10.2. The highest BCUT2D eigenvalue weighted by molar-refractivity contribution is 9.11. The third-order valence-electron chi connectivity index (χ3n) is 1.32. The van der Waals surface area contributed by atoms with Crippen LogP contribution < -0.4 is 5.73 Å². The van der Waals surface area contributed by atoms with Crippen LogP contribution in [0.5, 0.6) is 0 Å². The Morgan fingerprint density at radius 3 is 2.40 bits per heavy atom. The third kappa shape index (κ3) is 1.35. The van der Waals surface area contributed by atoms with Gasteiger partial charge in [-0.25, -0.2) is 0 Å². The van der Waals surface area contributed by atoms with Crippen LogP contribution in [0.4, 0.5) is 5.69 Å². The second-order valence-electron chi connectivity index (χ2n) is 2.09. The van der Waals surface area contributed by atoms with Crippen LogP contribution in [0.15, 0.2) is 21.1 Å². The number of aryl methyl sites for hydroxylation is 1. The lowest BCUT2D eigenvalue weighted by molar-refractivity contribution is 1.42. The molecule has 0 atom stereocenters. The molecule has 2 N–H and O–H groups in total. The second-order valence-corrected chi connectivity index (χ2v) is 3.74. The van der Waals surface area contributed by atoms with E-state index in [4.69, 9.17) is 5.73 Å². The van der Waals surface area contributed by atoms with Gasteiger partial charge in [0.1, 0.15) is 0 Å². The minimum absolute atomic E-state index is 0.764. The summed E-state index contributed by atoms with van der Waals surface area (Å²) in [5, 5.41) is 0. The monoisotopic (exact) mass is 263 g/mol. The van der Waals surface area contributed by atoms with Gasteiger partial charge in [0, 0.05) is 8.95 Å². The molecular formula is C7H7Br2N. The first-order valence-corrected chi connectivity index (χ1v) is 4.41. The van der Waals surface area contributed by atoms with E-state index in [-0.39, 0.29) is 0 Å². The van der Waals surface area contributed by atoms with Crippen molar-refractivity contribution in [3.63, 3.8) is 0 Å². The van der Waals surface area contributed by atoms with Crippen molar-refractivity contribution < 1.29 is 0 Å². The highest BCUT2D eigenvalue weighted by Crippen LogP contribution is 2.30. The fourth-order valence-corrected chi connectivity index (χ4v) is 1.62. The van der Waals surface area contributed by atoms with E-state index in [2.05, 4.69) is 31.9 Å². The lowest BCUT2D eigenvalue weighted by Gasteiger charge is -2.03. The van der Waals surface area contributed by atoms with Crippen molar-refractivity contribution in [1.82, 2.24) is 0 Å². The van der Waals surface area contributed by atoms with E-state index in [1.54, 1.807) is 0 Å². The number of anilines is 1. The zero-order valence-electron chi connectivity index (χ0n) is 5.49. The average Bonchev–Trinajstić information content (AvgIpc) is 1.93. The summed E-state index contributed by atoms with van der Waals surface area (Å²) in [4.78, 5) is 0. The Hall–Kier alpha value is -0.0200. The average molecular weight is 265 g/mol. The minimum atomic E-state index is 0.764.